The summed E-state index contributed by atoms with van der Waals surface area (Å²) in [6.45, 7) is 7.57. The van der Waals surface area contributed by atoms with Crippen LogP contribution in [0, 0.1) is 0 Å². The first-order valence-corrected chi connectivity index (χ1v) is 10.3. The Bertz CT molecular complexity index is 701. The van der Waals surface area contributed by atoms with E-state index in [4.69, 9.17) is 4.98 Å². The quantitative estimate of drug-likeness (QED) is 0.809. The van der Waals surface area contributed by atoms with Crippen LogP contribution >= 0.6 is 0 Å². The van der Waals surface area contributed by atoms with Crippen LogP contribution in [0.2, 0.25) is 0 Å². The first kappa shape index (κ1) is 18.5. The third kappa shape index (κ3) is 4.89. The lowest BCUT2D eigenvalue weighted by molar-refractivity contribution is 0.146. The molecule has 0 spiro atoms. The van der Waals surface area contributed by atoms with Gasteiger partial charge in [0.2, 0.25) is 0 Å². The standard InChI is InChI=1S/C21H30N6/c1-5-18-6-2-8-25-21(18)19(7-1)27(17-20-23-9-3-10-24-20)14-4-13-26-15-11-22-12-16-26/h2-3,6,8-10,19,22H,1,4-5,7,11-17H2/t19-/m0/s1. The maximum Gasteiger partial charge on any atom is 0.142 e. The van der Waals surface area contributed by atoms with Gasteiger partial charge in [-0.3, -0.25) is 9.88 Å². The number of fused-ring (bicyclic) bond motifs is 1. The van der Waals surface area contributed by atoms with Crippen molar-refractivity contribution in [1.29, 1.82) is 0 Å². The summed E-state index contributed by atoms with van der Waals surface area (Å²) >= 11 is 0. The number of nitrogens with one attached hydrogen (secondary N) is 1. The van der Waals surface area contributed by atoms with Crippen LogP contribution < -0.4 is 5.32 Å². The molecule has 0 aromatic carbocycles. The van der Waals surface area contributed by atoms with Crippen molar-refractivity contribution >= 4 is 0 Å². The number of nitrogens with zero attached hydrogens (tertiary/aromatic N) is 5. The average Bonchev–Trinajstić information content (AvgIpc) is 2.74. The number of rotatable bonds is 7. The molecule has 1 fully saturated rings. The molecule has 3 heterocycles. The molecule has 0 saturated carbocycles. The molecule has 1 aliphatic heterocycles. The molecule has 27 heavy (non-hydrogen) atoms. The van der Waals surface area contributed by atoms with Crippen LogP contribution in [0.5, 0.6) is 0 Å². The molecule has 1 N–H and O–H groups in total. The highest BCUT2D eigenvalue weighted by molar-refractivity contribution is 5.25. The minimum atomic E-state index is 0.377. The monoisotopic (exact) mass is 366 g/mol. The lowest BCUT2D eigenvalue weighted by Gasteiger charge is -2.35. The van der Waals surface area contributed by atoms with E-state index in [1.165, 1.54) is 30.5 Å². The van der Waals surface area contributed by atoms with Crippen molar-refractivity contribution in [3.05, 3.63) is 53.9 Å². The second kappa shape index (κ2) is 9.35. The first-order chi connectivity index (χ1) is 13.4. The Morgan fingerprint density at radius 1 is 1.07 bits per heavy atom. The summed E-state index contributed by atoms with van der Waals surface area (Å²) in [6.07, 6.45) is 10.3. The molecule has 1 atom stereocenters. The maximum absolute atomic E-state index is 4.76. The van der Waals surface area contributed by atoms with E-state index in [-0.39, 0.29) is 0 Å². The third-order valence-electron chi connectivity index (χ3n) is 5.70. The number of aryl methyl sites for hydroxylation is 1. The van der Waals surface area contributed by atoms with Gasteiger partial charge in [0.15, 0.2) is 0 Å². The Balaban J connectivity index is 1.46. The van der Waals surface area contributed by atoms with Crippen LogP contribution in [-0.4, -0.2) is 64.0 Å². The number of hydrogen-bond acceptors (Lipinski definition) is 6. The number of piperazine rings is 1. The van der Waals surface area contributed by atoms with Crippen LogP contribution in [0.15, 0.2) is 36.8 Å². The van der Waals surface area contributed by atoms with Crippen molar-refractivity contribution in [2.24, 2.45) is 0 Å². The van der Waals surface area contributed by atoms with Crippen LogP contribution in [0.3, 0.4) is 0 Å². The van der Waals surface area contributed by atoms with Gasteiger partial charge in [-0.05, 0) is 49.9 Å². The second-order valence-electron chi connectivity index (χ2n) is 7.54. The average molecular weight is 367 g/mol. The van der Waals surface area contributed by atoms with Crippen molar-refractivity contribution in [2.75, 3.05) is 39.3 Å². The van der Waals surface area contributed by atoms with Crippen molar-refractivity contribution < 1.29 is 0 Å². The fraction of sp³-hybridized carbons (Fsp3) is 0.571. The molecule has 0 unspecified atom stereocenters. The molecule has 1 aliphatic carbocycles. The lowest BCUT2D eigenvalue weighted by atomic mass is 9.90. The lowest BCUT2D eigenvalue weighted by Crippen LogP contribution is -2.44. The summed E-state index contributed by atoms with van der Waals surface area (Å²) < 4.78 is 0. The summed E-state index contributed by atoms with van der Waals surface area (Å²) in [4.78, 5) is 18.8. The van der Waals surface area contributed by atoms with E-state index >= 15 is 0 Å². The summed E-state index contributed by atoms with van der Waals surface area (Å²) in [5.41, 5.74) is 2.68. The van der Waals surface area contributed by atoms with Gasteiger partial charge in [-0.25, -0.2) is 9.97 Å². The van der Waals surface area contributed by atoms with Crippen molar-refractivity contribution in [3.63, 3.8) is 0 Å². The molecule has 0 radical (unpaired) electrons. The van der Waals surface area contributed by atoms with E-state index in [1.54, 1.807) is 0 Å². The Hall–Kier alpha value is -1.89. The van der Waals surface area contributed by atoms with Crippen LogP contribution in [0.25, 0.3) is 0 Å². The van der Waals surface area contributed by atoms with E-state index in [0.717, 1.165) is 58.1 Å². The van der Waals surface area contributed by atoms with Gasteiger partial charge in [-0.1, -0.05) is 6.07 Å². The van der Waals surface area contributed by atoms with Crippen molar-refractivity contribution in [1.82, 2.24) is 30.1 Å². The summed E-state index contributed by atoms with van der Waals surface area (Å²) in [7, 11) is 0. The molecule has 6 nitrogen and oxygen atoms in total. The van der Waals surface area contributed by atoms with Gasteiger partial charge in [-0.15, -0.1) is 0 Å². The zero-order valence-corrected chi connectivity index (χ0v) is 16.1. The number of pyridine rings is 1. The molecule has 2 aliphatic rings. The third-order valence-corrected chi connectivity index (χ3v) is 5.70. The molecule has 4 rings (SSSR count). The van der Waals surface area contributed by atoms with Gasteiger partial charge < -0.3 is 10.2 Å². The molecule has 6 heteroatoms. The summed E-state index contributed by atoms with van der Waals surface area (Å²) in [5, 5.41) is 3.43. The van der Waals surface area contributed by atoms with E-state index in [9.17, 15) is 0 Å². The van der Waals surface area contributed by atoms with Gasteiger partial charge in [0.05, 0.1) is 18.3 Å². The Kier molecular flexibility index (Phi) is 6.40. The van der Waals surface area contributed by atoms with Crippen LogP contribution in [0.4, 0.5) is 0 Å². The minimum absolute atomic E-state index is 0.377. The highest BCUT2D eigenvalue weighted by atomic mass is 15.2. The van der Waals surface area contributed by atoms with Crippen LogP contribution in [0.1, 0.15) is 42.4 Å². The van der Waals surface area contributed by atoms with E-state index in [2.05, 4.69) is 37.2 Å². The van der Waals surface area contributed by atoms with Gasteiger partial charge in [0.1, 0.15) is 5.82 Å². The van der Waals surface area contributed by atoms with Crippen molar-refractivity contribution in [3.8, 4) is 0 Å². The highest BCUT2D eigenvalue weighted by Gasteiger charge is 2.27. The molecule has 0 amide bonds. The first-order valence-electron chi connectivity index (χ1n) is 10.3. The van der Waals surface area contributed by atoms with Gasteiger partial charge in [0, 0.05) is 51.3 Å². The topological polar surface area (TPSA) is 57.2 Å². The Morgan fingerprint density at radius 3 is 2.74 bits per heavy atom. The zero-order chi connectivity index (χ0) is 18.3. The van der Waals surface area contributed by atoms with Gasteiger partial charge in [0.25, 0.3) is 0 Å². The number of hydrogen-bond donors (Lipinski definition) is 1. The largest absolute Gasteiger partial charge is 0.314 e. The van der Waals surface area contributed by atoms with E-state index < -0.39 is 0 Å². The minimum Gasteiger partial charge on any atom is -0.314 e. The second-order valence-corrected chi connectivity index (χ2v) is 7.54. The van der Waals surface area contributed by atoms with Crippen molar-refractivity contribution in [2.45, 2.75) is 38.3 Å². The smallest absolute Gasteiger partial charge is 0.142 e. The molecule has 2 aromatic heterocycles. The number of aromatic nitrogens is 3. The fourth-order valence-corrected chi connectivity index (χ4v) is 4.31. The van der Waals surface area contributed by atoms with E-state index in [1.807, 2.05) is 24.7 Å². The fourth-order valence-electron chi connectivity index (χ4n) is 4.31. The van der Waals surface area contributed by atoms with Gasteiger partial charge in [-0.2, -0.15) is 0 Å². The normalized spacial score (nSPS) is 20.6. The predicted molar refractivity (Wildman–Crippen MR) is 106 cm³/mol. The van der Waals surface area contributed by atoms with Gasteiger partial charge >= 0.3 is 0 Å². The van der Waals surface area contributed by atoms with E-state index in [0.29, 0.717) is 6.04 Å². The molecule has 2 aromatic rings. The van der Waals surface area contributed by atoms with Crippen LogP contribution in [-0.2, 0) is 13.0 Å². The summed E-state index contributed by atoms with van der Waals surface area (Å²) in [6, 6.07) is 6.57. The molecule has 1 saturated heterocycles. The molecule has 144 valence electrons. The zero-order valence-electron chi connectivity index (χ0n) is 16.1. The predicted octanol–water partition coefficient (Wildman–Crippen LogP) is 2.05. The SMILES string of the molecule is c1cnc(CN(CCCN2CCNCC2)[C@H]2CCCc3cccnc32)nc1. The summed E-state index contributed by atoms with van der Waals surface area (Å²) in [5.74, 6) is 0.905. The maximum atomic E-state index is 4.76. The Labute approximate surface area is 162 Å². The Morgan fingerprint density at radius 2 is 1.89 bits per heavy atom. The molecular formula is C21H30N6. The molecule has 0 bridgehead atoms. The molecular weight excluding hydrogens is 336 g/mol. The highest BCUT2D eigenvalue weighted by Crippen LogP contribution is 2.33.